The SMILES string of the molecule is CCSCC(C)NS(=O)(=O)Cc1cccc(C(=O)O)c1. The highest BCUT2D eigenvalue weighted by molar-refractivity contribution is 7.99. The second-order valence-electron chi connectivity index (χ2n) is 4.44. The van der Waals surface area contributed by atoms with Crippen LogP contribution in [0.4, 0.5) is 0 Å². The van der Waals surface area contributed by atoms with E-state index in [1.54, 1.807) is 23.9 Å². The largest absolute Gasteiger partial charge is 0.478 e. The van der Waals surface area contributed by atoms with E-state index in [9.17, 15) is 13.2 Å². The fourth-order valence-electron chi connectivity index (χ4n) is 1.69. The van der Waals surface area contributed by atoms with Crippen LogP contribution in [-0.2, 0) is 15.8 Å². The molecule has 0 aliphatic carbocycles. The van der Waals surface area contributed by atoms with Crippen molar-refractivity contribution in [3.63, 3.8) is 0 Å². The molecule has 1 atom stereocenters. The van der Waals surface area contributed by atoms with E-state index in [0.29, 0.717) is 11.3 Å². The molecule has 0 saturated heterocycles. The van der Waals surface area contributed by atoms with Crippen molar-refractivity contribution in [3.8, 4) is 0 Å². The first-order valence-electron chi connectivity index (χ1n) is 6.24. The first-order chi connectivity index (χ1) is 9.34. The van der Waals surface area contributed by atoms with Crippen LogP contribution in [0.15, 0.2) is 24.3 Å². The minimum absolute atomic E-state index is 0.0901. The van der Waals surface area contributed by atoms with Crippen molar-refractivity contribution >= 4 is 27.8 Å². The van der Waals surface area contributed by atoms with Gasteiger partial charge in [-0.1, -0.05) is 19.1 Å². The van der Waals surface area contributed by atoms with Crippen LogP contribution in [-0.4, -0.2) is 37.0 Å². The summed E-state index contributed by atoms with van der Waals surface area (Å²) in [5.74, 6) is 0.372. The van der Waals surface area contributed by atoms with Crippen molar-refractivity contribution in [3.05, 3.63) is 35.4 Å². The predicted octanol–water partition coefficient (Wildman–Crippen LogP) is 1.95. The Morgan fingerprint density at radius 2 is 2.15 bits per heavy atom. The molecule has 2 N–H and O–H groups in total. The maximum atomic E-state index is 12.0. The van der Waals surface area contributed by atoms with Crippen molar-refractivity contribution < 1.29 is 18.3 Å². The smallest absolute Gasteiger partial charge is 0.335 e. The van der Waals surface area contributed by atoms with Crippen LogP contribution in [0.3, 0.4) is 0 Å². The molecule has 1 aromatic carbocycles. The van der Waals surface area contributed by atoms with Gasteiger partial charge in [0.1, 0.15) is 0 Å². The number of sulfonamides is 1. The number of hydrogen-bond donors (Lipinski definition) is 2. The first-order valence-corrected chi connectivity index (χ1v) is 9.04. The Labute approximate surface area is 123 Å². The van der Waals surface area contributed by atoms with Gasteiger partial charge in [0.25, 0.3) is 0 Å². The zero-order chi connectivity index (χ0) is 15.2. The van der Waals surface area contributed by atoms with Gasteiger partial charge in [-0.3, -0.25) is 0 Å². The molecule has 112 valence electrons. The van der Waals surface area contributed by atoms with E-state index in [1.807, 2.05) is 13.8 Å². The topological polar surface area (TPSA) is 83.5 Å². The van der Waals surface area contributed by atoms with Gasteiger partial charge in [-0.05, 0) is 30.4 Å². The number of benzene rings is 1. The zero-order valence-electron chi connectivity index (χ0n) is 11.5. The number of aromatic carboxylic acids is 1. The fourth-order valence-corrected chi connectivity index (χ4v) is 3.87. The fraction of sp³-hybridized carbons (Fsp3) is 0.462. The van der Waals surface area contributed by atoms with E-state index in [4.69, 9.17) is 5.11 Å². The number of hydrogen-bond acceptors (Lipinski definition) is 4. The summed E-state index contributed by atoms with van der Waals surface area (Å²) in [5, 5.41) is 8.88. The summed E-state index contributed by atoms with van der Waals surface area (Å²) < 4.78 is 26.6. The summed E-state index contributed by atoms with van der Waals surface area (Å²) in [6, 6.07) is 5.83. The van der Waals surface area contributed by atoms with Gasteiger partial charge in [-0.15, -0.1) is 0 Å². The average Bonchev–Trinajstić information content (AvgIpc) is 2.35. The van der Waals surface area contributed by atoms with E-state index in [0.717, 1.165) is 5.75 Å². The van der Waals surface area contributed by atoms with Crippen molar-refractivity contribution in [1.82, 2.24) is 4.72 Å². The number of rotatable bonds is 8. The van der Waals surface area contributed by atoms with Gasteiger partial charge >= 0.3 is 5.97 Å². The third-order valence-corrected chi connectivity index (χ3v) is 5.10. The lowest BCUT2D eigenvalue weighted by atomic mass is 10.1. The molecule has 0 aromatic heterocycles. The molecule has 1 rings (SSSR count). The second-order valence-corrected chi connectivity index (χ2v) is 7.52. The molecule has 0 spiro atoms. The summed E-state index contributed by atoms with van der Waals surface area (Å²) in [6.45, 7) is 3.83. The molecule has 0 aliphatic rings. The van der Waals surface area contributed by atoms with E-state index < -0.39 is 16.0 Å². The highest BCUT2D eigenvalue weighted by Crippen LogP contribution is 2.10. The van der Waals surface area contributed by atoms with Gasteiger partial charge in [-0.25, -0.2) is 17.9 Å². The van der Waals surface area contributed by atoms with Crippen molar-refractivity contribution in [2.45, 2.75) is 25.6 Å². The van der Waals surface area contributed by atoms with Gasteiger partial charge in [0, 0.05) is 11.8 Å². The Bertz CT molecular complexity index is 557. The van der Waals surface area contributed by atoms with Crippen LogP contribution in [0.2, 0.25) is 0 Å². The van der Waals surface area contributed by atoms with Gasteiger partial charge in [-0.2, -0.15) is 11.8 Å². The molecule has 20 heavy (non-hydrogen) atoms. The lowest BCUT2D eigenvalue weighted by Crippen LogP contribution is -2.35. The first kappa shape index (κ1) is 17.0. The summed E-state index contributed by atoms with van der Waals surface area (Å²) in [7, 11) is -3.46. The van der Waals surface area contributed by atoms with Crippen molar-refractivity contribution in [1.29, 1.82) is 0 Å². The van der Waals surface area contributed by atoms with Crippen molar-refractivity contribution in [2.24, 2.45) is 0 Å². The van der Waals surface area contributed by atoms with Crippen LogP contribution >= 0.6 is 11.8 Å². The lowest BCUT2D eigenvalue weighted by molar-refractivity contribution is 0.0696. The standard InChI is InChI=1S/C13H19NO4S2/c1-3-19-8-10(2)14-20(17,18)9-11-5-4-6-12(7-11)13(15)16/h4-7,10,14H,3,8-9H2,1-2H3,(H,15,16). The highest BCUT2D eigenvalue weighted by Gasteiger charge is 2.16. The normalized spacial score (nSPS) is 13.1. The minimum Gasteiger partial charge on any atom is -0.478 e. The molecule has 1 unspecified atom stereocenters. The van der Waals surface area contributed by atoms with Crippen LogP contribution < -0.4 is 4.72 Å². The van der Waals surface area contributed by atoms with Crippen LogP contribution in [0.25, 0.3) is 0 Å². The Hall–Kier alpha value is -1.05. The molecule has 0 bridgehead atoms. The van der Waals surface area contributed by atoms with Gasteiger partial charge in [0.05, 0.1) is 11.3 Å². The summed E-state index contributed by atoms with van der Waals surface area (Å²) >= 11 is 1.66. The van der Waals surface area contributed by atoms with Gasteiger partial charge in [0.2, 0.25) is 10.0 Å². The van der Waals surface area contributed by atoms with Crippen LogP contribution in [0.5, 0.6) is 0 Å². The molecular formula is C13H19NO4S2. The molecule has 0 aliphatic heterocycles. The summed E-state index contributed by atoms with van der Waals surface area (Å²) in [5.41, 5.74) is 0.556. The highest BCUT2D eigenvalue weighted by atomic mass is 32.2. The van der Waals surface area contributed by atoms with Crippen LogP contribution in [0.1, 0.15) is 29.8 Å². The number of nitrogens with one attached hydrogen (secondary N) is 1. The Kier molecular flexibility index (Phi) is 6.51. The molecule has 7 heteroatoms. The molecule has 1 aromatic rings. The molecular weight excluding hydrogens is 298 g/mol. The van der Waals surface area contributed by atoms with Crippen LogP contribution in [0, 0.1) is 0 Å². The summed E-state index contributed by atoms with van der Waals surface area (Å²) in [4.78, 5) is 10.8. The third-order valence-electron chi connectivity index (χ3n) is 2.48. The monoisotopic (exact) mass is 317 g/mol. The second kappa shape index (κ2) is 7.66. The number of carboxylic acids is 1. The Balaban J connectivity index is 2.71. The summed E-state index contributed by atoms with van der Waals surface area (Å²) in [6.07, 6.45) is 0. The number of carboxylic acid groups (broad SMARTS) is 1. The average molecular weight is 317 g/mol. The van der Waals surface area contributed by atoms with E-state index in [1.165, 1.54) is 12.1 Å². The van der Waals surface area contributed by atoms with Gasteiger partial charge < -0.3 is 5.11 Å². The Morgan fingerprint density at radius 1 is 1.45 bits per heavy atom. The van der Waals surface area contributed by atoms with Gasteiger partial charge in [0.15, 0.2) is 0 Å². The minimum atomic E-state index is -3.46. The van der Waals surface area contributed by atoms with E-state index >= 15 is 0 Å². The Morgan fingerprint density at radius 3 is 2.75 bits per heavy atom. The number of carbonyl (C=O) groups is 1. The molecule has 0 fully saturated rings. The molecule has 0 amide bonds. The molecule has 0 radical (unpaired) electrons. The predicted molar refractivity (Wildman–Crippen MR) is 81.6 cm³/mol. The number of thioether (sulfide) groups is 1. The van der Waals surface area contributed by atoms with E-state index in [2.05, 4.69) is 4.72 Å². The zero-order valence-corrected chi connectivity index (χ0v) is 13.1. The molecule has 0 heterocycles. The quantitative estimate of drug-likeness (QED) is 0.765. The maximum absolute atomic E-state index is 12.0. The lowest BCUT2D eigenvalue weighted by Gasteiger charge is -2.13. The maximum Gasteiger partial charge on any atom is 0.335 e. The van der Waals surface area contributed by atoms with Crippen molar-refractivity contribution in [2.75, 3.05) is 11.5 Å². The third kappa shape index (κ3) is 5.94. The van der Waals surface area contributed by atoms with E-state index in [-0.39, 0.29) is 17.4 Å². The molecule has 5 nitrogen and oxygen atoms in total. The molecule has 0 saturated carbocycles.